The monoisotopic (exact) mass is 338 g/mol. The van der Waals surface area contributed by atoms with Crippen molar-refractivity contribution in [2.24, 2.45) is 0 Å². The molecule has 0 radical (unpaired) electrons. The first kappa shape index (κ1) is 16.4. The Morgan fingerprint density at radius 3 is 2.36 bits per heavy atom. The van der Waals surface area contributed by atoms with Gasteiger partial charge in [-0.25, -0.2) is 4.39 Å². The molecule has 0 aliphatic heterocycles. The minimum atomic E-state index is -0.373. The third-order valence-corrected chi connectivity index (χ3v) is 3.55. The number of rotatable bonds is 5. The molecule has 0 atom stereocenters. The summed E-state index contributed by atoms with van der Waals surface area (Å²) in [6, 6.07) is 15.8. The highest BCUT2D eigenvalue weighted by atomic mass is 19.1. The molecule has 2 amide bonds. The number of halogens is 1. The third-order valence-electron chi connectivity index (χ3n) is 3.55. The van der Waals surface area contributed by atoms with Gasteiger partial charge in [0.25, 0.3) is 11.8 Å². The summed E-state index contributed by atoms with van der Waals surface area (Å²) in [4.78, 5) is 24.0. The van der Waals surface area contributed by atoms with E-state index in [0.29, 0.717) is 16.8 Å². The molecule has 0 saturated carbocycles. The molecule has 0 aliphatic carbocycles. The standard InChI is InChI=1S/C19H15FN2O3/c20-16-5-2-1-4-14(16)12-21-18(23)13-7-9-15(10-8-13)22-19(24)17-6-3-11-25-17/h1-11H,12H2,(H,21,23)(H,22,24). The minimum absolute atomic E-state index is 0.0997. The topological polar surface area (TPSA) is 71.3 Å². The molecule has 0 aliphatic rings. The average molecular weight is 338 g/mol. The first-order chi connectivity index (χ1) is 12.1. The molecule has 0 unspecified atom stereocenters. The SMILES string of the molecule is O=C(NCc1ccccc1F)c1ccc(NC(=O)c2ccco2)cc1. The van der Waals surface area contributed by atoms with Crippen LogP contribution in [-0.2, 0) is 6.54 Å². The van der Waals surface area contributed by atoms with E-state index in [1.807, 2.05) is 0 Å². The van der Waals surface area contributed by atoms with Crippen LogP contribution in [0, 0.1) is 5.82 Å². The Morgan fingerprint density at radius 2 is 1.68 bits per heavy atom. The Hall–Kier alpha value is -3.41. The molecule has 0 bridgehead atoms. The highest BCUT2D eigenvalue weighted by molar-refractivity contribution is 6.02. The summed E-state index contributed by atoms with van der Waals surface area (Å²) in [5.74, 6) is -0.862. The molecule has 25 heavy (non-hydrogen) atoms. The molecule has 126 valence electrons. The van der Waals surface area contributed by atoms with E-state index in [1.165, 1.54) is 12.3 Å². The summed E-state index contributed by atoms with van der Waals surface area (Å²) >= 11 is 0. The van der Waals surface area contributed by atoms with E-state index in [-0.39, 0.29) is 29.9 Å². The molecule has 6 heteroatoms. The number of carbonyl (C=O) groups excluding carboxylic acids is 2. The molecule has 3 aromatic rings. The van der Waals surface area contributed by atoms with Crippen LogP contribution in [0.2, 0.25) is 0 Å². The van der Waals surface area contributed by atoms with Crippen LogP contribution in [0.25, 0.3) is 0 Å². The van der Waals surface area contributed by atoms with Crippen LogP contribution in [0.3, 0.4) is 0 Å². The van der Waals surface area contributed by atoms with Crippen LogP contribution in [-0.4, -0.2) is 11.8 Å². The van der Waals surface area contributed by atoms with Gasteiger partial charge in [-0.15, -0.1) is 0 Å². The summed E-state index contributed by atoms with van der Waals surface area (Å²) in [5, 5.41) is 5.32. The van der Waals surface area contributed by atoms with E-state index in [9.17, 15) is 14.0 Å². The van der Waals surface area contributed by atoms with E-state index in [4.69, 9.17) is 4.42 Å². The van der Waals surface area contributed by atoms with Crippen molar-refractivity contribution >= 4 is 17.5 Å². The van der Waals surface area contributed by atoms with Crippen LogP contribution < -0.4 is 10.6 Å². The summed E-state index contributed by atoms with van der Waals surface area (Å²) < 4.78 is 18.5. The van der Waals surface area contributed by atoms with Crippen molar-refractivity contribution in [2.45, 2.75) is 6.54 Å². The molecule has 1 heterocycles. The molecule has 0 fully saturated rings. The number of carbonyl (C=O) groups is 2. The van der Waals surface area contributed by atoms with Crippen LogP contribution in [0.15, 0.2) is 71.3 Å². The minimum Gasteiger partial charge on any atom is -0.459 e. The fraction of sp³-hybridized carbons (Fsp3) is 0.0526. The van der Waals surface area contributed by atoms with E-state index in [2.05, 4.69) is 10.6 Å². The van der Waals surface area contributed by atoms with Gasteiger partial charge >= 0.3 is 0 Å². The van der Waals surface area contributed by atoms with Gasteiger partial charge in [0.2, 0.25) is 0 Å². The van der Waals surface area contributed by atoms with E-state index in [0.717, 1.165) is 0 Å². The van der Waals surface area contributed by atoms with Crippen molar-refractivity contribution in [1.29, 1.82) is 0 Å². The van der Waals surface area contributed by atoms with E-state index in [1.54, 1.807) is 54.6 Å². The van der Waals surface area contributed by atoms with Crippen molar-refractivity contribution in [2.75, 3.05) is 5.32 Å². The zero-order valence-corrected chi connectivity index (χ0v) is 13.2. The lowest BCUT2D eigenvalue weighted by Gasteiger charge is -2.07. The van der Waals surface area contributed by atoms with Gasteiger partial charge in [0.05, 0.1) is 6.26 Å². The first-order valence-electron chi connectivity index (χ1n) is 7.60. The number of hydrogen-bond acceptors (Lipinski definition) is 3. The molecule has 2 aromatic carbocycles. The fourth-order valence-electron chi connectivity index (χ4n) is 2.22. The van der Waals surface area contributed by atoms with Gasteiger partial charge in [-0.2, -0.15) is 0 Å². The third kappa shape index (κ3) is 4.11. The van der Waals surface area contributed by atoms with Crippen molar-refractivity contribution in [3.8, 4) is 0 Å². The zero-order valence-electron chi connectivity index (χ0n) is 13.2. The molecule has 0 saturated heterocycles. The average Bonchev–Trinajstić information content (AvgIpc) is 3.16. The second-order valence-corrected chi connectivity index (χ2v) is 5.28. The number of anilines is 1. The van der Waals surface area contributed by atoms with Gasteiger partial charge in [0.1, 0.15) is 5.82 Å². The second kappa shape index (κ2) is 7.44. The Balaban J connectivity index is 1.59. The predicted octanol–water partition coefficient (Wildman–Crippen LogP) is 3.60. The summed E-state index contributed by atoms with van der Waals surface area (Å²) in [5.41, 5.74) is 1.36. The maximum atomic E-state index is 13.5. The normalized spacial score (nSPS) is 10.3. The lowest BCUT2D eigenvalue weighted by molar-refractivity contribution is 0.0949. The Bertz CT molecular complexity index is 874. The van der Waals surface area contributed by atoms with Crippen molar-refractivity contribution in [3.63, 3.8) is 0 Å². The smallest absolute Gasteiger partial charge is 0.291 e. The second-order valence-electron chi connectivity index (χ2n) is 5.28. The first-order valence-corrected chi connectivity index (χ1v) is 7.60. The molecular weight excluding hydrogens is 323 g/mol. The maximum absolute atomic E-state index is 13.5. The summed E-state index contributed by atoms with van der Waals surface area (Å²) in [7, 11) is 0. The number of hydrogen-bond donors (Lipinski definition) is 2. The highest BCUT2D eigenvalue weighted by Gasteiger charge is 2.10. The predicted molar refractivity (Wildman–Crippen MR) is 90.7 cm³/mol. The van der Waals surface area contributed by atoms with Gasteiger partial charge in [0, 0.05) is 23.4 Å². The molecule has 1 aromatic heterocycles. The molecule has 0 spiro atoms. The zero-order chi connectivity index (χ0) is 17.6. The van der Waals surface area contributed by atoms with Gasteiger partial charge in [-0.3, -0.25) is 9.59 Å². The van der Waals surface area contributed by atoms with Gasteiger partial charge in [-0.05, 0) is 42.5 Å². The number of amides is 2. The van der Waals surface area contributed by atoms with Crippen LogP contribution >= 0.6 is 0 Å². The maximum Gasteiger partial charge on any atom is 0.291 e. The number of furan rings is 1. The van der Waals surface area contributed by atoms with E-state index < -0.39 is 0 Å². The molecule has 5 nitrogen and oxygen atoms in total. The highest BCUT2D eigenvalue weighted by Crippen LogP contribution is 2.12. The number of benzene rings is 2. The van der Waals surface area contributed by atoms with Crippen molar-refractivity contribution < 1.29 is 18.4 Å². The molecule has 3 rings (SSSR count). The van der Waals surface area contributed by atoms with E-state index >= 15 is 0 Å². The Labute approximate surface area is 143 Å². The van der Waals surface area contributed by atoms with Gasteiger partial charge in [-0.1, -0.05) is 18.2 Å². The lowest BCUT2D eigenvalue weighted by Crippen LogP contribution is -2.23. The Kier molecular flexibility index (Phi) is 4.89. The van der Waals surface area contributed by atoms with Gasteiger partial charge < -0.3 is 15.1 Å². The summed E-state index contributed by atoms with van der Waals surface area (Å²) in [6.07, 6.45) is 1.41. The van der Waals surface area contributed by atoms with Gasteiger partial charge in [0.15, 0.2) is 5.76 Å². The quantitative estimate of drug-likeness (QED) is 0.747. The molecular formula is C19H15FN2O3. The van der Waals surface area contributed by atoms with Crippen molar-refractivity contribution in [3.05, 3.63) is 89.6 Å². The lowest BCUT2D eigenvalue weighted by atomic mass is 10.1. The van der Waals surface area contributed by atoms with Crippen molar-refractivity contribution in [1.82, 2.24) is 5.32 Å². The fourth-order valence-corrected chi connectivity index (χ4v) is 2.22. The Morgan fingerprint density at radius 1 is 0.920 bits per heavy atom. The van der Waals surface area contributed by atoms with Crippen LogP contribution in [0.5, 0.6) is 0 Å². The largest absolute Gasteiger partial charge is 0.459 e. The van der Waals surface area contributed by atoms with Crippen LogP contribution in [0.1, 0.15) is 26.5 Å². The molecule has 2 N–H and O–H groups in total. The van der Waals surface area contributed by atoms with Crippen LogP contribution in [0.4, 0.5) is 10.1 Å². The number of nitrogens with one attached hydrogen (secondary N) is 2. The summed E-state index contributed by atoms with van der Waals surface area (Å²) in [6.45, 7) is 0.0997.